The second-order valence-electron chi connectivity index (χ2n) is 5.70. The zero-order valence-corrected chi connectivity index (χ0v) is 14.3. The molecule has 0 aliphatic carbocycles. The minimum atomic E-state index is -2.95. The summed E-state index contributed by atoms with van der Waals surface area (Å²) in [6.07, 6.45) is 3.93. The quantitative estimate of drug-likeness (QED) is 0.843. The van der Waals surface area contributed by atoms with Crippen LogP contribution >= 0.6 is 0 Å². The monoisotopic (exact) mass is 324 g/mol. The highest BCUT2D eigenvalue weighted by atomic mass is 32.2. The Morgan fingerprint density at radius 1 is 1.23 bits per heavy atom. The van der Waals surface area contributed by atoms with Crippen molar-refractivity contribution in [1.29, 1.82) is 0 Å². The topological polar surface area (TPSA) is 90.9 Å². The van der Waals surface area contributed by atoms with Crippen LogP contribution in [0.15, 0.2) is 6.33 Å². The van der Waals surface area contributed by atoms with Crippen molar-refractivity contribution < 1.29 is 8.42 Å². The summed E-state index contributed by atoms with van der Waals surface area (Å²) in [5, 5.41) is 0. The highest BCUT2D eigenvalue weighted by Gasteiger charge is 2.14. The van der Waals surface area contributed by atoms with Gasteiger partial charge in [0.1, 0.15) is 15.4 Å². The van der Waals surface area contributed by atoms with E-state index in [9.17, 15) is 8.42 Å². The molecule has 0 saturated carbocycles. The number of hydrogen-bond acceptors (Lipinski definition) is 5. The first kappa shape index (κ1) is 16.7. The van der Waals surface area contributed by atoms with Gasteiger partial charge < -0.3 is 10.3 Å². The Bertz CT molecular complexity index is 765. The van der Waals surface area contributed by atoms with Gasteiger partial charge in [0.25, 0.3) is 0 Å². The molecule has 0 aromatic carbocycles. The lowest BCUT2D eigenvalue weighted by Gasteiger charge is -2.09. The lowest BCUT2D eigenvalue weighted by Crippen LogP contribution is -2.13. The van der Waals surface area contributed by atoms with E-state index in [-0.39, 0.29) is 11.5 Å². The summed E-state index contributed by atoms with van der Waals surface area (Å²) in [5.41, 5.74) is 9.47. The molecule has 0 aliphatic rings. The third-order valence-corrected chi connectivity index (χ3v) is 5.75. The van der Waals surface area contributed by atoms with Crippen LogP contribution < -0.4 is 5.73 Å². The average molecular weight is 324 g/mol. The maximum Gasteiger partial charge on any atom is 0.151 e. The van der Waals surface area contributed by atoms with E-state index in [1.54, 1.807) is 6.33 Å². The van der Waals surface area contributed by atoms with E-state index in [0.29, 0.717) is 24.3 Å². The second-order valence-corrected chi connectivity index (χ2v) is 8.01. The van der Waals surface area contributed by atoms with Crippen LogP contribution in [-0.2, 0) is 16.4 Å². The van der Waals surface area contributed by atoms with E-state index in [1.165, 1.54) is 0 Å². The first-order valence-electron chi connectivity index (χ1n) is 7.63. The highest BCUT2D eigenvalue weighted by Crippen LogP contribution is 2.23. The zero-order valence-electron chi connectivity index (χ0n) is 13.5. The van der Waals surface area contributed by atoms with E-state index in [4.69, 9.17) is 5.73 Å². The van der Waals surface area contributed by atoms with Crippen molar-refractivity contribution in [2.45, 2.75) is 46.6 Å². The molecule has 22 heavy (non-hydrogen) atoms. The van der Waals surface area contributed by atoms with Gasteiger partial charge in [-0.25, -0.2) is 18.4 Å². The van der Waals surface area contributed by atoms with Gasteiger partial charge in [-0.05, 0) is 32.3 Å². The number of nitrogen functional groups attached to an aromatic ring is 1. The van der Waals surface area contributed by atoms with Crippen molar-refractivity contribution in [2.75, 3.05) is 17.2 Å². The summed E-state index contributed by atoms with van der Waals surface area (Å²) in [6, 6.07) is 0. The molecule has 6 nitrogen and oxygen atoms in total. The third kappa shape index (κ3) is 3.58. The summed E-state index contributed by atoms with van der Waals surface area (Å²) >= 11 is 0. The molecule has 0 saturated heterocycles. The molecule has 0 unspecified atom stereocenters. The molecule has 0 aliphatic heterocycles. The zero-order chi connectivity index (χ0) is 16.3. The largest absolute Gasteiger partial charge is 0.382 e. The normalized spacial score (nSPS) is 12.1. The number of nitrogens with two attached hydrogens (primary N) is 1. The fraction of sp³-hybridized carbons (Fsp3) is 0.600. The Balaban J connectivity index is 2.13. The Morgan fingerprint density at radius 2 is 1.91 bits per heavy atom. The van der Waals surface area contributed by atoms with Gasteiger partial charge in [0.2, 0.25) is 0 Å². The van der Waals surface area contributed by atoms with Gasteiger partial charge in [-0.3, -0.25) is 0 Å². The fourth-order valence-corrected chi connectivity index (χ4v) is 4.04. The SMILES string of the molecule is CCCCS(=O)(=O)CCCn1cnc2c(N)nc(C)c(C)c21. The first-order chi connectivity index (χ1) is 10.4. The second kappa shape index (κ2) is 6.64. The number of fused-ring (bicyclic) bond motifs is 1. The molecule has 2 rings (SSSR count). The number of anilines is 1. The van der Waals surface area contributed by atoms with E-state index >= 15 is 0 Å². The molecule has 2 heterocycles. The summed E-state index contributed by atoms with van der Waals surface area (Å²) < 4.78 is 25.8. The van der Waals surface area contributed by atoms with Crippen molar-refractivity contribution in [3.05, 3.63) is 17.6 Å². The fourth-order valence-electron chi connectivity index (χ4n) is 2.54. The number of unbranched alkanes of at least 4 members (excludes halogenated alkanes) is 1. The first-order valence-corrected chi connectivity index (χ1v) is 9.45. The van der Waals surface area contributed by atoms with Crippen LogP contribution in [0, 0.1) is 13.8 Å². The van der Waals surface area contributed by atoms with Gasteiger partial charge in [-0.1, -0.05) is 13.3 Å². The van der Waals surface area contributed by atoms with Crippen LogP contribution in [0.1, 0.15) is 37.4 Å². The van der Waals surface area contributed by atoms with Crippen molar-refractivity contribution >= 4 is 26.7 Å². The lowest BCUT2D eigenvalue weighted by atomic mass is 10.2. The molecule has 7 heteroatoms. The molecule has 0 amide bonds. The van der Waals surface area contributed by atoms with Crippen molar-refractivity contribution in [3.8, 4) is 0 Å². The smallest absolute Gasteiger partial charge is 0.151 e. The number of imidazole rings is 1. The molecule has 2 aromatic rings. The predicted molar refractivity (Wildman–Crippen MR) is 89.6 cm³/mol. The molecule has 2 aromatic heterocycles. The molecular formula is C15H24N4O2S. The summed E-state index contributed by atoms with van der Waals surface area (Å²) in [4.78, 5) is 8.58. The van der Waals surface area contributed by atoms with E-state index in [0.717, 1.165) is 29.6 Å². The number of hydrogen-bond donors (Lipinski definition) is 1. The van der Waals surface area contributed by atoms with Gasteiger partial charge in [0.05, 0.1) is 23.3 Å². The number of nitrogens with zero attached hydrogens (tertiary/aromatic N) is 3. The summed E-state index contributed by atoms with van der Waals surface area (Å²) in [7, 11) is -2.95. The molecule has 122 valence electrons. The van der Waals surface area contributed by atoms with Gasteiger partial charge in [-0.2, -0.15) is 0 Å². The molecule has 0 atom stereocenters. The van der Waals surface area contributed by atoms with Crippen LogP contribution in [0.2, 0.25) is 0 Å². The minimum absolute atomic E-state index is 0.214. The Kier molecular flexibility index (Phi) is 5.05. The van der Waals surface area contributed by atoms with Gasteiger partial charge in [-0.15, -0.1) is 0 Å². The Labute approximate surface area is 131 Å². The van der Waals surface area contributed by atoms with Crippen molar-refractivity contribution in [3.63, 3.8) is 0 Å². The molecule has 0 radical (unpaired) electrons. The number of pyridine rings is 1. The molecule has 2 N–H and O–H groups in total. The van der Waals surface area contributed by atoms with E-state index < -0.39 is 9.84 Å². The van der Waals surface area contributed by atoms with E-state index in [1.807, 2.05) is 25.3 Å². The predicted octanol–water partition coefficient (Wildman–Crippen LogP) is 2.24. The Hall–Kier alpha value is -1.63. The van der Waals surface area contributed by atoms with Crippen molar-refractivity contribution in [1.82, 2.24) is 14.5 Å². The lowest BCUT2D eigenvalue weighted by molar-refractivity contribution is 0.584. The number of sulfone groups is 1. The van der Waals surface area contributed by atoms with Crippen LogP contribution in [0.3, 0.4) is 0 Å². The number of aryl methyl sites for hydroxylation is 3. The minimum Gasteiger partial charge on any atom is -0.382 e. The number of rotatable bonds is 7. The van der Waals surface area contributed by atoms with Gasteiger partial charge in [0, 0.05) is 12.2 Å². The Morgan fingerprint density at radius 3 is 2.59 bits per heavy atom. The van der Waals surface area contributed by atoms with E-state index in [2.05, 4.69) is 9.97 Å². The van der Waals surface area contributed by atoms with Gasteiger partial charge >= 0.3 is 0 Å². The van der Waals surface area contributed by atoms with Crippen LogP contribution in [0.4, 0.5) is 5.82 Å². The average Bonchev–Trinajstić information content (AvgIpc) is 2.87. The third-order valence-electron chi connectivity index (χ3n) is 3.93. The highest BCUT2D eigenvalue weighted by molar-refractivity contribution is 7.91. The van der Waals surface area contributed by atoms with Crippen LogP contribution in [0.5, 0.6) is 0 Å². The van der Waals surface area contributed by atoms with Crippen LogP contribution in [-0.4, -0.2) is 34.5 Å². The maximum atomic E-state index is 11.9. The van der Waals surface area contributed by atoms with Crippen LogP contribution in [0.25, 0.3) is 11.0 Å². The van der Waals surface area contributed by atoms with Gasteiger partial charge in [0.15, 0.2) is 5.82 Å². The maximum absolute atomic E-state index is 11.9. The standard InChI is InChI=1S/C15H24N4O2S/c1-4-5-8-22(20,21)9-6-7-19-10-17-13-14(19)11(2)12(3)18-15(13)16/h10H,4-9H2,1-3H3,(H2,16,18). The molecule has 0 fully saturated rings. The number of aromatic nitrogens is 3. The van der Waals surface area contributed by atoms with Crippen molar-refractivity contribution in [2.24, 2.45) is 0 Å². The summed E-state index contributed by atoms with van der Waals surface area (Å²) in [6.45, 7) is 6.51. The molecule has 0 spiro atoms. The molecular weight excluding hydrogens is 300 g/mol. The molecule has 0 bridgehead atoms. The summed E-state index contributed by atoms with van der Waals surface area (Å²) in [5.74, 6) is 0.918.